The number of thioether (sulfide) groups is 2. The van der Waals surface area contributed by atoms with Crippen LogP contribution in [0.3, 0.4) is 0 Å². The summed E-state index contributed by atoms with van der Waals surface area (Å²) in [6.07, 6.45) is 0. The number of allylic oxidation sites excluding steroid dienone is 2. The molecule has 0 heterocycles. The third-order valence-corrected chi connectivity index (χ3v) is 4.90. The molecule has 0 saturated carbocycles. The molecule has 0 unspecified atom stereocenters. The third-order valence-electron chi connectivity index (χ3n) is 2.40. The SMILES string of the molecule is C=C(S/C(C(=O)OCC)=C(/C)N)C(=C)S/C(C(=O)OCC)=C(/C)N. The summed E-state index contributed by atoms with van der Waals surface area (Å²) in [6, 6.07) is 0. The van der Waals surface area contributed by atoms with E-state index in [0.717, 1.165) is 23.5 Å². The Bertz CT molecular complexity index is 535. The van der Waals surface area contributed by atoms with E-state index in [2.05, 4.69) is 13.2 Å². The summed E-state index contributed by atoms with van der Waals surface area (Å²) in [5, 5.41) is 0. The van der Waals surface area contributed by atoms with Gasteiger partial charge in [0.15, 0.2) is 0 Å². The summed E-state index contributed by atoms with van der Waals surface area (Å²) in [4.78, 5) is 25.2. The van der Waals surface area contributed by atoms with Crippen LogP contribution in [0.5, 0.6) is 0 Å². The zero-order valence-electron chi connectivity index (χ0n) is 14.4. The maximum absolute atomic E-state index is 11.9. The summed E-state index contributed by atoms with van der Waals surface area (Å²) < 4.78 is 9.91. The van der Waals surface area contributed by atoms with Crippen LogP contribution >= 0.6 is 23.5 Å². The highest BCUT2D eigenvalue weighted by molar-refractivity contribution is 8.12. The average molecular weight is 373 g/mol. The van der Waals surface area contributed by atoms with Gasteiger partial charge in [0.2, 0.25) is 0 Å². The fourth-order valence-corrected chi connectivity index (χ4v) is 2.90. The van der Waals surface area contributed by atoms with Crippen molar-refractivity contribution < 1.29 is 19.1 Å². The number of rotatable bonds is 9. The summed E-state index contributed by atoms with van der Waals surface area (Å²) in [5.41, 5.74) is 12.1. The van der Waals surface area contributed by atoms with Crippen LogP contribution in [-0.4, -0.2) is 25.2 Å². The topological polar surface area (TPSA) is 105 Å². The van der Waals surface area contributed by atoms with Crippen molar-refractivity contribution in [3.8, 4) is 0 Å². The predicted octanol–water partition coefficient (Wildman–Crippen LogP) is 2.99. The Labute approximate surface area is 151 Å². The first-order valence-corrected chi connectivity index (χ1v) is 8.79. The van der Waals surface area contributed by atoms with E-state index in [1.165, 1.54) is 0 Å². The highest BCUT2D eigenvalue weighted by Gasteiger charge is 2.20. The van der Waals surface area contributed by atoms with E-state index in [4.69, 9.17) is 20.9 Å². The van der Waals surface area contributed by atoms with Crippen LogP contribution in [-0.2, 0) is 19.1 Å². The molecule has 0 aliphatic rings. The molecule has 0 fully saturated rings. The van der Waals surface area contributed by atoms with E-state index in [9.17, 15) is 9.59 Å². The molecule has 8 heteroatoms. The number of carbonyl (C=O) groups excluding carboxylic acids is 2. The van der Waals surface area contributed by atoms with Gasteiger partial charge in [0.1, 0.15) is 9.81 Å². The maximum Gasteiger partial charge on any atom is 0.346 e. The van der Waals surface area contributed by atoms with Crippen LogP contribution in [0.4, 0.5) is 0 Å². The molecular weight excluding hydrogens is 348 g/mol. The standard InChI is InChI=1S/C16H24N2O4S2/c1-7-21-15(19)13(9(3)17)23-11(5)12(6)24-14(10(4)18)16(20)22-8-2/h5-8,17-18H2,1-4H3/b13-9-,14-10-. The second kappa shape index (κ2) is 10.9. The zero-order chi connectivity index (χ0) is 18.9. The first-order valence-electron chi connectivity index (χ1n) is 7.16. The molecule has 0 saturated heterocycles. The highest BCUT2D eigenvalue weighted by Crippen LogP contribution is 2.39. The molecule has 0 atom stereocenters. The Morgan fingerprint density at radius 3 is 1.33 bits per heavy atom. The van der Waals surface area contributed by atoms with Crippen LogP contribution in [0, 0.1) is 0 Å². The lowest BCUT2D eigenvalue weighted by Crippen LogP contribution is -2.11. The van der Waals surface area contributed by atoms with E-state index in [1.807, 2.05) is 0 Å². The van der Waals surface area contributed by atoms with Gasteiger partial charge in [0.05, 0.1) is 13.2 Å². The van der Waals surface area contributed by atoms with Gasteiger partial charge in [0.25, 0.3) is 0 Å². The summed E-state index contributed by atoms with van der Waals surface area (Å²) in [6.45, 7) is 14.8. The van der Waals surface area contributed by atoms with Crippen LogP contribution in [0.1, 0.15) is 27.7 Å². The highest BCUT2D eigenvalue weighted by atomic mass is 32.2. The van der Waals surface area contributed by atoms with Crippen molar-refractivity contribution in [3.63, 3.8) is 0 Å². The van der Waals surface area contributed by atoms with Gasteiger partial charge in [-0.15, -0.1) is 0 Å². The maximum atomic E-state index is 11.9. The second-order valence-corrected chi connectivity index (χ2v) is 6.73. The van der Waals surface area contributed by atoms with Crippen molar-refractivity contribution in [3.05, 3.63) is 44.2 Å². The van der Waals surface area contributed by atoms with E-state index in [1.54, 1.807) is 27.7 Å². The summed E-state index contributed by atoms with van der Waals surface area (Å²) >= 11 is 2.07. The fourth-order valence-electron chi connectivity index (χ4n) is 1.32. The molecule has 0 aliphatic carbocycles. The molecule has 0 radical (unpaired) electrons. The molecule has 0 aromatic carbocycles. The Morgan fingerprint density at radius 2 is 1.12 bits per heavy atom. The van der Waals surface area contributed by atoms with Gasteiger partial charge in [-0.1, -0.05) is 36.7 Å². The van der Waals surface area contributed by atoms with E-state index >= 15 is 0 Å². The van der Waals surface area contributed by atoms with Crippen molar-refractivity contribution in [2.24, 2.45) is 11.5 Å². The van der Waals surface area contributed by atoms with Gasteiger partial charge in [0, 0.05) is 21.2 Å². The Hall–Kier alpha value is -1.80. The largest absolute Gasteiger partial charge is 0.462 e. The molecule has 0 aromatic heterocycles. The quantitative estimate of drug-likeness (QED) is 0.361. The summed E-state index contributed by atoms with van der Waals surface area (Å²) in [5.74, 6) is -1.06. The molecule has 6 nitrogen and oxygen atoms in total. The molecule has 0 aromatic rings. The lowest BCUT2D eigenvalue weighted by Gasteiger charge is -2.14. The van der Waals surface area contributed by atoms with Gasteiger partial charge in [-0.2, -0.15) is 0 Å². The van der Waals surface area contributed by atoms with Crippen molar-refractivity contribution >= 4 is 35.5 Å². The number of hydrogen-bond donors (Lipinski definition) is 2. The van der Waals surface area contributed by atoms with Gasteiger partial charge in [-0.3, -0.25) is 0 Å². The van der Waals surface area contributed by atoms with Crippen LogP contribution in [0.2, 0.25) is 0 Å². The third kappa shape index (κ3) is 7.18. The van der Waals surface area contributed by atoms with Crippen LogP contribution < -0.4 is 11.5 Å². The molecule has 0 aliphatic heterocycles. The average Bonchev–Trinajstić information content (AvgIpc) is 2.49. The van der Waals surface area contributed by atoms with Crippen molar-refractivity contribution in [1.82, 2.24) is 0 Å². The number of esters is 2. The summed E-state index contributed by atoms with van der Waals surface area (Å²) in [7, 11) is 0. The lowest BCUT2D eigenvalue weighted by molar-refractivity contribution is -0.138. The van der Waals surface area contributed by atoms with E-state index in [0.29, 0.717) is 21.2 Å². The first-order chi connectivity index (χ1) is 11.1. The van der Waals surface area contributed by atoms with Crippen molar-refractivity contribution in [2.75, 3.05) is 13.2 Å². The normalized spacial score (nSPS) is 12.7. The van der Waals surface area contributed by atoms with Crippen molar-refractivity contribution in [2.45, 2.75) is 27.7 Å². The number of nitrogens with two attached hydrogens (primary N) is 2. The Morgan fingerprint density at radius 1 is 0.833 bits per heavy atom. The molecule has 0 bridgehead atoms. The monoisotopic (exact) mass is 372 g/mol. The van der Waals surface area contributed by atoms with Gasteiger partial charge in [-0.05, 0) is 27.7 Å². The van der Waals surface area contributed by atoms with Crippen LogP contribution in [0.25, 0.3) is 0 Å². The Kier molecular flexibility index (Phi) is 10.1. The zero-order valence-corrected chi connectivity index (χ0v) is 16.1. The van der Waals surface area contributed by atoms with E-state index in [-0.39, 0.29) is 23.0 Å². The number of hydrogen-bond acceptors (Lipinski definition) is 8. The fraction of sp³-hybridized carbons (Fsp3) is 0.375. The molecule has 134 valence electrons. The minimum absolute atomic E-state index is 0.231. The van der Waals surface area contributed by atoms with Gasteiger partial charge < -0.3 is 20.9 Å². The molecule has 0 rings (SSSR count). The molecule has 0 spiro atoms. The van der Waals surface area contributed by atoms with Crippen molar-refractivity contribution in [1.29, 1.82) is 0 Å². The van der Waals surface area contributed by atoms with Gasteiger partial charge in [-0.25, -0.2) is 9.59 Å². The molecular formula is C16H24N2O4S2. The lowest BCUT2D eigenvalue weighted by atomic mass is 10.4. The predicted molar refractivity (Wildman–Crippen MR) is 101 cm³/mol. The van der Waals surface area contributed by atoms with Gasteiger partial charge >= 0.3 is 11.9 Å². The number of carbonyl (C=O) groups is 2. The molecule has 0 amide bonds. The smallest absolute Gasteiger partial charge is 0.346 e. The van der Waals surface area contributed by atoms with E-state index < -0.39 is 11.9 Å². The minimum Gasteiger partial charge on any atom is -0.462 e. The number of ether oxygens (including phenoxy) is 2. The van der Waals surface area contributed by atoms with Crippen LogP contribution in [0.15, 0.2) is 44.2 Å². The minimum atomic E-state index is -0.530. The first kappa shape index (κ1) is 22.2. The second-order valence-electron chi connectivity index (χ2n) is 4.52. The molecule has 24 heavy (non-hydrogen) atoms. The Balaban J connectivity index is 5.15. The molecule has 4 N–H and O–H groups in total.